The van der Waals surface area contributed by atoms with Gasteiger partial charge in [0.2, 0.25) is 0 Å². The molecule has 0 aliphatic carbocycles. The second kappa shape index (κ2) is 9.02. The second-order valence-electron chi connectivity index (χ2n) is 6.18. The van der Waals surface area contributed by atoms with E-state index in [1.807, 2.05) is 43.3 Å². The lowest BCUT2D eigenvalue weighted by molar-refractivity contribution is -0.129. The summed E-state index contributed by atoms with van der Waals surface area (Å²) in [6, 6.07) is 16.9. The van der Waals surface area contributed by atoms with Crippen LogP contribution in [0.5, 0.6) is 0 Å². The molecule has 0 heterocycles. The monoisotopic (exact) mass is 339 g/mol. The number of esters is 1. The van der Waals surface area contributed by atoms with E-state index in [0.29, 0.717) is 5.56 Å². The molecule has 2 aromatic carbocycles. The van der Waals surface area contributed by atoms with Gasteiger partial charge in [0, 0.05) is 0 Å². The van der Waals surface area contributed by atoms with Crippen LogP contribution < -0.4 is 5.32 Å². The van der Waals surface area contributed by atoms with E-state index in [-0.39, 0.29) is 11.9 Å². The van der Waals surface area contributed by atoms with Crippen LogP contribution in [0.1, 0.15) is 54.2 Å². The Kier molecular flexibility index (Phi) is 6.75. The first kappa shape index (κ1) is 18.7. The molecule has 0 saturated carbocycles. The summed E-state index contributed by atoms with van der Waals surface area (Å²) in [5.41, 5.74) is 2.47. The van der Waals surface area contributed by atoms with E-state index < -0.39 is 12.1 Å². The zero-order chi connectivity index (χ0) is 18.2. The van der Waals surface area contributed by atoms with Crippen molar-refractivity contribution < 1.29 is 14.3 Å². The Morgan fingerprint density at radius 2 is 1.80 bits per heavy atom. The minimum Gasteiger partial charge on any atom is -0.449 e. The van der Waals surface area contributed by atoms with Crippen LogP contribution in [0.2, 0.25) is 0 Å². The number of carbonyl (C=O) groups is 2. The molecule has 2 aromatic rings. The number of nitrogens with one attached hydrogen (secondary N) is 1. The zero-order valence-electron chi connectivity index (χ0n) is 15.0. The first-order chi connectivity index (χ1) is 12.0. The molecule has 1 amide bonds. The van der Waals surface area contributed by atoms with E-state index in [1.165, 1.54) is 0 Å². The van der Waals surface area contributed by atoms with Crippen LogP contribution in [0.25, 0.3) is 0 Å². The predicted octanol–water partition coefficient (Wildman–Crippen LogP) is 4.20. The van der Waals surface area contributed by atoms with E-state index in [1.54, 1.807) is 25.1 Å². The van der Waals surface area contributed by atoms with Gasteiger partial charge in [-0.25, -0.2) is 4.79 Å². The number of hydrogen-bond acceptors (Lipinski definition) is 3. The molecule has 4 heteroatoms. The molecule has 4 nitrogen and oxygen atoms in total. The van der Waals surface area contributed by atoms with Crippen LogP contribution in [0.15, 0.2) is 54.6 Å². The van der Waals surface area contributed by atoms with E-state index in [0.717, 1.165) is 24.0 Å². The average Bonchev–Trinajstić information content (AvgIpc) is 2.62. The molecule has 132 valence electrons. The molecule has 0 bridgehead atoms. The summed E-state index contributed by atoms with van der Waals surface area (Å²) < 4.78 is 5.32. The zero-order valence-corrected chi connectivity index (χ0v) is 15.0. The Labute approximate surface area is 149 Å². The fraction of sp³-hybridized carbons (Fsp3) is 0.333. The highest BCUT2D eigenvalue weighted by Crippen LogP contribution is 2.18. The van der Waals surface area contributed by atoms with Gasteiger partial charge >= 0.3 is 5.97 Å². The second-order valence-corrected chi connectivity index (χ2v) is 6.18. The fourth-order valence-corrected chi connectivity index (χ4v) is 2.64. The Hall–Kier alpha value is -2.62. The molecular formula is C21H25NO3. The molecule has 0 aliphatic heterocycles. The van der Waals surface area contributed by atoms with E-state index in [9.17, 15) is 9.59 Å². The van der Waals surface area contributed by atoms with Crippen LogP contribution in [0, 0.1) is 6.92 Å². The quantitative estimate of drug-likeness (QED) is 0.769. The van der Waals surface area contributed by atoms with Crippen molar-refractivity contribution in [3.8, 4) is 0 Å². The number of benzene rings is 2. The van der Waals surface area contributed by atoms with Crippen molar-refractivity contribution in [2.24, 2.45) is 0 Å². The predicted molar refractivity (Wildman–Crippen MR) is 98.3 cm³/mol. The molecule has 0 radical (unpaired) electrons. The van der Waals surface area contributed by atoms with Crippen molar-refractivity contribution in [1.29, 1.82) is 0 Å². The molecule has 1 N–H and O–H groups in total. The normalized spacial score (nSPS) is 12.9. The van der Waals surface area contributed by atoms with Crippen LogP contribution in [-0.2, 0) is 9.53 Å². The third-order valence-corrected chi connectivity index (χ3v) is 4.00. The summed E-state index contributed by atoms with van der Waals surface area (Å²) in [7, 11) is 0. The maximum Gasteiger partial charge on any atom is 0.338 e. The molecule has 2 unspecified atom stereocenters. The van der Waals surface area contributed by atoms with Crippen LogP contribution in [0.4, 0.5) is 0 Å². The summed E-state index contributed by atoms with van der Waals surface area (Å²) in [5, 5.41) is 2.99. The lowest BCUT2D eigenvalue weighted by atomic mass is 10.0. The van der Waals surface area contributed by atoms with E-state index in [4.69, 9.17) is 4.74 Å². The van der Waals surface area contributed by atoms with Gasteiger partial charge in [0.1, 0.15) is 0 Å². The first-order valence-corrected chi connectivity index (χ1v) is 8.64. The van der Waals surface area contributed by atoms with E-state index >= 15 is 0 Å². The van der Waals surface area contributed by atoms with Crippen molar-refractivity contribution >= 4 is 11.9 Å². The van der Waals surface area contributed by atoms with Crippen LogP contribution in [0.3, 0.4) is 0 Å². The molecule has 0 aliphatic rings. The summed E-state index contributed by atoms with van der Waals surface area (Å²) in [4.78, 5) is 24.6. The lowest BCUT2D eigenvalue weighted by Crippen LogP contribution is -2.38. The van der Waals surface area contributed by atoms with Crippen molar-refractivity contribution in [2.75, 3.05) is 0 Å². The maximum absolute atomic E-state index is 12.4. The smallest absolute Gasteiger partial charge is 0.338 e. The highest BCUT2D eigenvalue weighted by Gasteiger charge is 2.22. The van der Waals surface area contributed by atoms with Gasteiger partial charge in [-0.15, -0.1) is 0 Å². The summed E-state index contributed by atoms with van der Waals surface area (Å²) in [5.74, 6) is -0.776. The van der Waals surface area contributed by atoms with Crippen LogP contribution in [-0.4, -0.2) is 18.0 Å². The van der Waals surface area contributed by atoms with Gasteiger partial charge in [-0.2, -0.15) is 0 Å². The number of amides is 1. The van der Waals surface area contributed by atoms with Crippen molar-refractivity contribution in [3.63, 3.8) is 0 Å². The lowest BCUT2D eigenvalue weighted by Gasteiger charge is -2.21. The summed E-state index contributed by atoms with van der Waals surface area (Å²) in [6.45, 7) is 5.57. The Morgan fingerprint density at radius 3 is 2.44 bits per heavy atom. The van der Waals surface area contributed by atoms with Gasteiger partial charge in [0.25, 0.3) is 5.91 Å². The van der Waals surface area contributed by atoms with Gasteiger partial charge in [-0.1, -0.05) is 61.4 Å². The molecule has 25 heavy (non-hydrogen) atoms. The molecule has 0 aromatic heterocycles. The minimum absolute atomic E-state index is 0.0844. The van der Waals surface area contributed by atoms with Gasteiger partial charge < -0.3 is 10.1 Å². The molecule has 2 atom stereocenters. The minimum atomic E-state index is -0.851. The molecule has 0 spiro atoms. The number of carbonyl (C=O) groups excluding carboxylic acids is 2. The third-order valence-electron chi connectivity index (χ3n) is 4.00. The standard InChI is InChI=1S/C21H25NO3/c1-4-9-19(17-11-6-5-7-12-17)22-20(23)16(3)25-21(24)18-13-8-10-15(2)14-18/h5-8,10-14,16,19H,4,9H2,1-3H3,(H,22,23). The SMILES string of the molecule is CCCC(NC(=O)C(C)OC(=O)c1cccc(C)c1)c1ccccc1. The van der Waals surface area contributed by atoms with Crippen molar-refractivity contribution in [2.45, 2.75) is 45.8 Å². The number of ether oxygens (including phenoxy) is 1. The van der Waals surface area contributed by atoms with Crippen molar-refractivity contribution in [3.05, 3.63) is 71.3 Å². The van der Waals surface area contributed by atoms with Crippen LogP contribution >= 0.6 is 0 Å². The number of aryl methyl sites for hydroxylation is 1. The molecule has 0 saturated heterocycles. The van der Waals surface area contributed by atoms with E-state index in [2.05, 4.69) is 12.2 Å². The largest absolute Gasteiger partial charge is 0.449 e. The molecule has 0 fully saturated rings. The third kappa shape index (κ3) is 5.45. The Balaban J connectivity index is 1.99. The Morgan fingerprint density at radius 1 is 1.08 bits per heavy atom. The Bertz CT molecular complexity index is 712. The highest BCUT2D eigenvalue weighted by atomic mass is 16.5. The average molecular weight is 339 g/mol. The van der Waals surface area contributed by atoms with Gasteiger partial charge in [-0.3, -0.25) is 4.79 Å². The van der Waals surface area contributed by atoms with Gasteiger partial charge in [0.15, 0.2) is 6.10 Å². The van der Waals surface area contributed by atoms with Crippen molar-refractivity contribution in [1.82, 2.24) is 5.32 Å². The number of rotatable bonds is 7. The summed E-state index contributed by atoms with van der Waals surface area (Å²) in [6.07, 6.45) is 0.919. The maximum atomic E-state index is 12.4. The number of hydrogen-bond donors (Lipinski definition) is 1. The fourth-order valence-electron chi connectivity index (χ4n) is 2.64. The summed E-state index contributed by atoms with van der Waals surface area (Å²) >= 11 is 0. The molecule has 2 rings (SSSR count). The first-order valence-electron chi connectivity index (χ1n) is 8.64. The molecular weight excluding hydrogens is 314 g/mol. The van der Waals surface area contributed by atoms with Gasteiger partial charge in [-0.05, 0) is 38.0 Å². The topological polar surface area (TPSA) is 55.4 Å². The van der Waals surface area contributed by atoms with Gasteiger partial charge in [0.05, 0.1) is 11.6 Å². The highest BCUT2D eigenvalue weighted by molar-refractivity contribution is 5.92.